The summed E-state index contributed by atoms with van der Waals surface area (Å²) in [7, 11) is 0. The fourth-order valence-electron chi connectivity index (χ4n) is 3.25. The largest absolute Gasteiger partial charge is 0.443 e. The van der Waals surface area contributed by atoms with Crippen molar-refractivity contribution in [1.29, 1.82) is 0 Å². The lowest BCUT2D eigenvalue weighted by Gasteiger charge is -2.20. The molecule has 0 amide bonds. The fourth-order valence-corrected chi connectivity index (χ4v) is 3.25. The number of hydrogen-bond donors (Lipinski definition) is 0. The van der Waals surface area contributed by atoms with Crippen molar-refractivity contribution in [2.24, 2.45) is 0 Å². The number of aromatic nitrogens is 1. The van der Waals surface area contributed by atoms with Crippen molar-refractivity contribution in [3.8, 4) is 22.6 Å². The lowest BCUT2D eigenvalue weighted by Crippen LogP contribution is -2.28. The van der Waals surface area contributed by atoms with Gasteiger partial charge in [0.2, 0.25) is 0 Å². The van der Waals surface area contributed by atoms with Gasteiger partial charge in [-0.1, -0.05) is 0 Å². The van der Waals surface area contributed by atoms with Gasteiger partial charge in [-0.2, -0.15) is 0 Å². The zero-order valence-electron chi connectivity index (χ0n) is 17.1. The number of benzene rings is 2. The number of halogens is 2. The predicted molar refractivity (Wildman–Crippen MR) is 113 cm³/mol. The molecule has 2 aromatic carbocycles. The minimum atomic E-state index is -0.804. The van der Waals surface area contributed by atoms with E-state index in [1.54, 1.807) is 32.9 Å². The zero-order chi connectivity index (χ0) is 22.3. The van der Waals surface area contributed by atoms with E-state index < -0.39 is 29.0 Å². The maximum absolute atomic E-state index is 13.4. The summed E-state index contributed by atoms with van der Waals surface area (Å²) < 4.78 is 38.7. The zero-order valence-corrected chi connectivity index (χ0v) is 17.1. The molecule has 0 saturated carbocycles. The Labute approximate surface area is 176 Å². The first-order chi connectivity index (χ1) is 14.6. The maximum Gasteiger partial charge on any atom is 0.419 e. The molecule has 158 valence electrons. The molecule has 0 N–H and O–H groups in total. The van der Waals surface area contributed by atoms with E-state index in [0.29, 0.717) is 22.2 Å². The van der Waals surface area contributed by atoms with Crippen LogP contribution in [0.3, 0.4) is 0 Å². The summed E-state index contributed by atoms with van der Waals surface area (Å²) in [6.07, 6.45) is -0.761. The molecule has 4 rings (SSSR count). The highest BCUT2D eigenvalue weighted by Crippen LogP contribution is 2.30. The van der Waals surface area contributed by atoms with Gasteiger partial charge < -0.3 is 9.15 Å². The van der Waals surface area contributed by atoms with Crippen LogP contribution in [0.2, 0.25) is 0 Å². The van der Waals surface area contributed by atoms with Crippen LogP contribution in [0.4, 0.5) is 13.6 Å². The maximum atomic E-state index is 13.4. The van der Waals surface area contributed by atoms with Crippen molar-refractivity contribution in [2.75, 3.05) is 0 Å². The molecule has 0 radical (unpaired) electrons. The summed E-state index contributed by atoms with van der Waals surface area (Å²) in [5.74, 6) is -0.617. The van der Waals surface area contributed by atoms with Crippen molar-refractivity contribution in [1.82, 2.24) is 4.57 Å². The van der Waals surface area contributed by atoms with Gasteiger partial charge in [-0.15, -0.1) is 0 Å². The number of ether oxygens (including phenoxy) is 1. The fraction of sp³-hybridized carbons (Fsp3) is 0.167. The number of hydrogen-bond acceptors (Lipinski definition) is 4. The molecule has 4 aromatic rings. The van der Waals surface area contributed by atoms with E-state index in [2.05, 4.69) is 0 Å². The Bertz CT molecular complexity index is 1330. The van der Waals surface area contributed by atoms with E-state index in [-0.39, 0.29) is 11.3 Å². The second-order valence-electron chi connectivity index (χ2n) is 8.06. The van der Waals surface area contributed by atoms with E-state index in [4.69, 9.17) is 9.15 Å². The Hall–Kier alpha value is -3.74. The van der Waals surface area contributed by atoms with Crippen LogP contribution in [0.25, 0.3) is 33.5 Å². The monoisotopic (exact) mass is 423 g/mol. The van der Waals surface area contributed by atoms with E-state index in [1.807, 2.05) is 0 Å². The third kappa shape index (κ3) is 4.12. The number of carbonyl (C=O) groups is 1. The SMILES string of the molecule is CC(C)(C)OC(=O)n1c(-c2ccc(F)cc2)cc2cc(-c3ccc(F)cc3)oc(=O)c21. The molecule has 31 heavy (non-hydrogen) atoms. The Morgan fingerprint density at radius 1 is 0.903 bits per heavy atom. The number of nitrogens with zero attached hydrogens (tertiary/aromatic N) is 1. The number of fused-ring (bicyclic) bond motifs is 1. The van der Waals surface area contributed by atoms with Gasteiger partial charge >= 0.3 is 11.7 Å². The van der Waals surface area contributed by atoms with Gasteiger partial charge in [0.05, 0.1) is 5.69 Å². The molecule has 0 fully saturated rings. The van der Waals surface area contributed by atoms with Crippen molar-refractivity contribution < 1.29 is 22.7 Å². The topological polar surface area (TPSA) is 61.4 Å². The molecule has 0 aliphatic heterocycles. The third-order valence-corrected chi connectivity index (χ3v) is 4.56. The molecule has 0 aliphatic carbocycles. The van der Waals surface area contributed by atoms with Gasteiger partial charge in [-0.05, 0) is 87.0 Å². The Morgan fingerprint density at radius 2 is 1.45 bits per heavy atom. The highest BCUT2D eigenvalue weighted by molar-refractivity contribution is 5.96. The number of rotatable bonds is 2. The predicted octanol–water partition coefficient (Wildman–Crippen LogP) is 5.99. The van der Waals surface area contributed by atoms with Crippen LogP contribution >= 0.6 is 0 Å². The normalized spacial score (nSPS) is 11.6. The summed E-state index contributed by atoms with van der Waals surface area (Å²) in [6.45, 7) is 5.13. The summed E-state index contributed by atoms with van der Waals surface area (Å²) in [6, 6.07) is 14.3. The molecule has 0 bridgehead atoms. The van der Waals surface area contributed by atoms with Gasteiger partial charge in [-0.25, -0.2) is 22.9 Å². The van der Waals surface area contributed by atoms with Gasteiger partial charge in [-0.3, -0.25) is 0 Å². The molecule has 0 aliphatic rings. The highest BCUT2D eigenvalue weighted by atomic mass is 19.1. The quantitative estimate of drug-likeness (QED) is 0.397. The Morgan fingerprint density at radius 3 is 2.00 bits per heavy atom. The van der Waals surface area contributed by atoms with Gasteiger partial charge in [0.15, 0.2) is 0 Å². The highest BCUT2D eigenvalue weighted by Gasteiger charge is 2.25. The van der Waals surface area contributed by atoms with Crippen molar-refractivity contribution in [3.05, 3.63) is 82.7 Å². The third-order valence-electron chi connectivity index (χ3n) is 4.56. The van der Waals surface area contributed by atoms with Crippen molar-refractivity contribution in [2.45, 2.75) is 26.4 Å². The first-order valence-electron chi connectivity index (χ1n) is 9.57. The molecule has 2 aromatic heterocycles. The van der Waals surface area contributed by atoms with Gasteiger partial charge in [0.1, 0.15) is 28.5 Å². The van der Waals surface area contributed by atoms with E-state index >= 15 is 0 Å². The smallest absolute Gasteiger partial charge is 0.419 e. The van der Waals surface area contributed by atoms with Crippen molar-refractivity contribution in [3.63, 3.8) is 0 Å². The molecular formula is C24H19F2NO4. The van der Waals surface area contributed by atoms with Crippen LogP contribution < -0.4 is 5.63 Å². The van der Waals surface area contributed by atoms with Crippen LogP contribution in [0.5, 0.6) is 0 Å². The average molecular weight is 423 g/mol. The molecule has 0 saturated heterocycles. The van der Waals surface area contributed by atoms with Crippen LogP contribution in [-0.2, 0) is 4.74 Å². The molecule has 7 heteroatoms. The lowest BCUT2D eigenvalue weighted by atomic mass is 10.1. The average Bonchev–Trinajstić information content (AvgIpc) is 3.08. The minimum Gasteiger partial charge on any atom is -0.443 e. The summed E-state index contributed by atoms with van der Waals surface area (Å²) >= 11 is 0. The Balaban J connectivity index is 1.96. The van der Waals surface area contributed by atoms with E-state index in [9.17, 15) is 18.4 Å². The second-order valence-corrected chi connectivity index (χ2v) is 8.06. The van der Waals surface area contributed by atoms with Crippen molar-refractivity contribution >= 4 is 17.0 Å². The minimum absolute atomic E-state index is 0.000522. The molecule has 0 unspecified atom stereocenters. The van der Waals surface area contributed by atoms with E-state index in [0.717, 1.165) is 4.57 Å². The second kappa shape index (κ2) is 7.50. The Kier molecular flexibility index (Phi) is 4.97. The molecule has 0 atom stereocenters. The summed E-state index contributed by atoms with van der Waals surface area (Å²) in [5, 5.41) is 0.431. The molecule has 2 heterocycles. The lowest BCUT2D eigenvalue weighted by molar-refractivity contribution is 0.0546. The van der Waals surface area contributed by atoms with Gasteiger partial charge in [0.25, 0.3) is 0 Å². The van der Waals surface area contributed by atoms with Gasteiger partial charge in [0, 0.05) is 10.9 Å². The number of carbonyl (C=O) groups excluding carboxylic acids is 1. The summed E-state index contributed by atoms with van der Waals surface area (Å²) in [4.78, 5) is 25.9. The van der Waals surface area contributed by atoms with Crippen LogP contribution in [0.15, 0.2) is 69.9 Å². The van der Waals surface area contributed by atoms with Crippen LogP contribution in [-0.4, -0.2) is 16.3 Å². The molecule has 0 spiro atoms. The molecule has 5 nitrogen and oxygen atoms in total. The molecular weight excluding hydrogens is 404 g/mol. The van der Waals surface area contributed by atoms with Crippen LogP contribution in [0.1, 0.15) is 20.8 Å². The standard InChI is InChI=1S/C24H19F2NO4/c1-24(2,3)31-23(29)27-19(14-4-8-17(25)9-5-14)12-16-13-20(30-22(28)21(16)27)15-6-10-18(26)11-7-15/h4-13H,1-3H3. The van der Waals surface area contributed by atoms with E-state index in [1.165, 1.54) is 48.5 Å². The first-order valence-corrected chi connectivity index (χ1v) is 9.57. The first kappa shape index (κ1) is 20.5. The van der Waals surface area contributed by atoms with Crippen LogP contribution in [0, 0.1) is 11.6 Å². The summed E-state index contributed by atoms with van der Waals surface area (Å²) in [5.41, 5.74) is -0.176.